The monoisotopic (exact) mass is 804 g/mol. The van der Waals surface area contributed by atoms with Crippen LogP contribution in [0.2, 0.25) is 0 Å². The van der Waals surface area contributed by atoms with Gasteiger partial charge >= 0.3 is 0 Å². The molecule has 54 heavy (non-hydrogen) atoms. The van der Waals surface area contributed by atoms with Crippen molar-refractivity contribution in [1.82, 2.24) is 53.2 Å². The van der Waals surface area contributed by atoms with E-state index < -0.39 is 97.7 Å². The van der Waals surface area contributed by atoms with Crippen LogP contribution in [0.15, 0.2) is 0 Å². The van der Waals surface area contributed by atoms with Crippen LogP contribution in [-0.4, -0.2) is 146 Å². The summed E-state index contributed by atoms with van der Waals surface area (Å²) >= 11 is 0. The lowest BCUT2D eigenvalue weighted by atomic mass is 10.1. The first kappa shape index (κ1) is 47.0. The van der Waals surface area contributed by atoms with Gasteiger partial charge in [0.1, 0.15) is 24.2 Å². The fourth-order valence-electron chi connectivity index (χ4n) is 4.35. The molecule has 1 rings (SSSR count). The van der Waals surface area contributed by atoms with Crippen molar-refractivity contribution in [2.24, 2.45) is 11.5 Å². The standard InChI is InChI=1S/C29H52N14O9S2/c1-16-24(49)39-12-21(46)38-14-23(48)42-19(15-44)25(50)34-9-11-54-53-10-6-20(45)37-13-22(47)41-17(4-2-7-35-28(30)31)27(52)43-18(26(51)40-16)5-3-8-36-29(32)33/h16-19,44H,2-15H2,1H3,(H,34,50)(H,37,45)(H,38,46)(H,39,49)(H,40,51)(H,41,47)(H,42,48)(H,43,52)(H4,30,31,35)(H4,32,33,36)/t16-,17-,18-,19-/m0/s1. The summed E-state index contributed by atoms with van der Waals surface area (Å²) in [5.74, 6) is -5.48. The number of carbonyl (C=O) groups excluding carboxylic acids is 8. The minimum Gasteiger partial charge on any atom is -0.394 e. The highest BCUT2D eigenvalue weighted by atomic mass is 33.1. The van der Waals surface area contributed by atoms with E-state index in [2.05, 4.69) is 53.2 Å². The van der Waals surface area contributed by atoms with Crippen LogP contribution in [0.5, 0.6) is 0 Å². The van der Waals surface area contributed by atoms with Crippen molar-refractivity contribution in [3.8, 4) is 0 Å². The second-order valence-corrected chi connectivity index (χ2v) is 14.3. The van der Waals surface area contributed by atoms with Crippen LogP contribution in [0.4, 0.5) is 0 Å². The van der Waals surface area contributed by atoms with Gasteiger partial charge in [-0.05, 0) is 32.6 Å². The summed E-state index contributed by atoms with van der Waals surface area (Å²) in [7, 11) is 2.69. The molecule has 1 saturated heterocycles. The van der Waals surface area contributed by atoms with Gasteiger partial charge in [0.15, 0.2) is 11.9 Å². The predicted octanol–water partition coefficient (Wildman–Crippen LogP) is -6.29. The normalized spacial score (nSPS) is 22.8. The third-order valence-corrected chi connectivity index (χ3v) is 9.55. The molecule has 0 unspecified atom stereocenters. The molecule has 23 nitrogen and oxygen atoms in total. The molecule has 1 aliphatic heterocycles. The van der Waals surface area contributed by atoms with E-state index in [1.54, 1.807) is 0 Å². The summed E-state index contributed by atoms with van der Waals surface area (Å²) in [6.07, 6.45) is 0.606. The summed E-state index contributed by atoms with van der Waals surface area (Å²) in [4.78, 5) is 102. The third kappa shape index (κ3) is 21.5. The van der Waals surface area contributed by atoms with Crippen molar-refractivity contribution in [1.29, 1.82) is 10.8 Å². The molecule has 17 N–H and O–H groups in total. The maximum atomic E-state index is 13.5. The smallest absolute Gasteiger partial charge is 0.245 e. The Morgan fingerprint density at radius 2 is 1.15 bits per heavy atom. The van der Waals surface area contributed by atoms with Crippen LogP contribution in [0.1, 0.15) is 39.0 Å². The fraction of sp³-hybridized carbons (Fsp3) is 0.655. The summed E-state index contributed by atoms with van der Waals surface area (Å²) in [5, 5.41) is 48.9. The molecule has 4 atom stereocenters. The Morgan fingerprint density at radius 3 is 1.72 bits per heavy atom. The van der Waals surface area contributed by atoms with Crippen molar-refractivity contribution >= 4 is 80.8 Å². The zero-order valence-corrected chi connectivity index (χ0v) is 31.5. The number of amides is 8. The van der Waals surface area contributed by atoms with Crippen LogP contribution < -0.4 is 64.6 Å². The lowest BCUT2D eigenvalue weighted by Gasteiger charge is -2.25. The average molecular weight is 805 g/mol. The van der Waals surface area contributed by atoms with Gasteiger partial charge in [0, 0.05) is 37.6 Å². The van der Waals surface area contributed by atoms with E-state index in [4.69, 9.17) is 22.3 Å². The van der Waals surface area contributed by atoms with E-state index in [1.807, 2.05) is 0 Å². The van der Waals surface area contributed by atoms with Crippen LogP contribution in [-0.2, 0) is 38.4 Å². The number of guanidine groups is 2. The predicted molar refractivity (Wildman–Crippen MR) is 200 cm³/mol. The van der Waals surface area contributed by atoms with E-state index in [1.165, 1.54) is 28.5 Å². The Hall–Kier alpha value is -5.04. The van der Waals surface area contributed by atoms with Gasteiger partial charge in [-0.2, -0.15) is 0 Å². The molecule has 0 aromatic rings. The lowest BCUT2D eigenvalue weighted by Crippen LogP contribution is -2.57. The van der Waals surface area contributed by atoms with Crippen molar-refractivity contribution in [2.45, 2.75) is 63.2 Å². The maximum Gasteiger partial charge on any atom is 0.245 e. The summed E-state index contributed by atoms with van der Waals surface area (Å²) in [6, 6.07) is -4.93. The number of hydrogen-bond donors (Lipinski definition) is 15. The van der Waals surface area contributed by atoms with E-state index >= 15 is 0 Å². The number of nitrogens with one attached hydrogen (secondary N) is 12. The van der Waals surface area contributed by atoms with Gasteiger partial charge in [0.05, 0.1) is 26.2 Å². The molecule has 0 radical (unpaired) electrons. The van der Waals surface area contributed by atoms with Crippen LogP contribution >= 0.6 is 21.6 Å². The van der Waals surface area contributed by atoms with Crippen molar-refractivity contribution < 1.29 is 43.5 Å². The quantitative estimate of drug-likeness (QED) is 0.0446. The third-order valence-electron chi connectivity index (χ3n) is 7.14. The summed E-state index contributed by atoms with van der Waals surface area (Å²) in [5.41, 5.74) is 10.6. The van der Waals surface area contributed by atoms with Crippen LogP contribution in [0, 0.1) is 10.8 Å². The molecule has 0 saturated carbocycles. The lowest BCUT2D eigenvalue weighted by molar-refractivity contribution is -0.134. The molecule has 25 heteroatoms. The molecule has 0 bridgehead atoms. The highest BCUT2D eigenvalue weighted by molar-refractivity contribution is 8.76. The number of hydrogen-bond acceptors (Lipinski definition) is 13. The number of aliphatic hydroxyl groups excluding tert-OH is 1. The Labute approximate surface area is 319 Å². The van der Waals surface area contributed by atoms with Gasteiger partial charge in [0.2, 0.25) is 47.3 Å². The van der Waals surface area contributed by atoms with Crippen LogP contribution in [0.3, 0.4) is 0 Å². The first-order chi connectivity index (χ1) is 25.6. The number of rotatable bonds is 9. The number of aliphatic hydroxyl groups is 1. The maximum absolute atomic E-state index is 13.5. The molecule has 1 fully saturated rings. The minimum absolute atomic E-state index is 0.00831. The molecule has 1 aliphatic rings. The van der Waals surface area contributed by atoms with Crippen molar-refractivity contribution in [2.75, 3.05) is 57.4 Å². The number of nitrogens with two attached hydrogens (primary N) is 2. The zero-order valence-electron chi connectivity index (χ0n) is 29.9. The molecular weight excluding hydrogens is 753 g/mol. The summed E-state index contributed by atoms with van der Waals surface area (Å²) in [6.45, 7) is -0.447. The number of carbonyl (C=O) groups is 8. The highest BCUT2D eigenvalue weighted by Gasteiger charge is 2.29. The molecule has 304 valence electrons. The van der Waals surface area contributed by atoms with Gasteiger partial charge in [-0.15, -0.1) is 0 Å². The van der Waals surface area contributed by atoms with Crippen molar-refractivity contribution in [3.05, 3.63) is 0 Å². The van der Waals surface area contributed by atoms with E-state index in [-0.39, 0.29) is 63.7 Å². The first-order valence-corrected chi connectivity index (χ1v) is 19.4. The Balaban J connectivity index is 3.15. The molecule has 0 aliphatic carbocycles. The van der Waals surface area contributed by atoms with E-state index in [9.17, 15) is 43.5 Å². The topological polar surface area (TPSA) is 377 Å². The second kappa shape index (κ2) is 26.7. The molecule has 0 spiro atoms. The van der Waals surface area contributed by atoms with Gasteiger partial charge in [-0.1, -0.05) is 21.6 Å². The molecule has 1 heterocycles. The molecule has 0 aromatic carbocycles. The fourth-order valence-corrected chi connectivity index (χ4v) is 6.25. The minimum atomic E-state index is -1.29. The van der Waals surface area contributed by atoms with Gasteiger partial charge in [-0.3, -0.25) is 49.2 Å². The van der Waals surface area contributed by atoms with Gasteiger partial charge in [-0.25, -0.2) is 0 Å². The van der Waals surface area contributed by atoms with Crippen molar-refractivity contribution in [3.63, 3.8) is 0 Å². The second-order valence-electron chi connectivity index (χ2n) is 11.6. The highest BCUT2D eigenvalue weighted by Crippen LogP contribution is 2.21. The molecular formula is C29H52N14O9S2. The molecule has 8 amide bonds. The largest absolute Gasteiger partial charge is 0.394 e. The van der Waals surface area contributed by atoms with Gasteiger partial charge in [0.25, 0.3) is 0 Å². The zero-order chi connectivity index (χ0) is 40.5. The Kier molecular flexibility index (Phi) is 23.2. The first-order valence-electron chi connectivity index (χ1n) is 16.9. The Morgan fingerprint density at radius 1 is 0.648 bits per heavy atom. The van der Waals surface area contributed by atoms with E-state index in [0.29, 0.717) is 11.5 Å². The Bertz CT molecular complexity index is 1340. The average Bonchev–Trinajstić information content (AvgIpc) is 3.12. The van der Waals surface area contributed by atoms with E-state index in [0.717, 1.165) is 0 Å². The summed E-state index contributed by atoms with van der Waals surface area (Å²) < 4.78 is 0. The van der Waals surface area contributed by atoms with Gasteiger partial charge < -0.3 is 69.7 Å². The van der Waals surface area contributed by atoms with Crippen LogP contribution in [0.25, 0.3) is 0 Å². The SMILES string of the molecule is C[C@@H]1NC(=O)[C@H](CCCNC(=N)N)NC(=O)[C@H](CCCNC(=N)N)NC(=O)CNC(=O)CCSSCCNC(=O)[C@H](CO)NC(=O)CNC(=O)CNC1=O. The molecule has 0 aromatic heterocycles.